The molecule has 8 rings (SSSR count). The number of hydrogen-bond acceptors (Lipinski definition) is 8. The van der Waals surface area contributed by atoms with Gasteiger partial charge in [0.2, 0.25) is 0 Å². The molecule has 3 atom stereocenters. The monoisotopic (exact) mass is 633 g/mol. The van der Waals surface area contributed by atoms with Crippen molar-refractivity contribution in [2.75, 3.05) is 43.4 Å². The molecule has 0 radical (unpaired) electrons. The van der Waals surface area contributed by atoms with Crippen molar-refractivity contribution in [3.8, 4) is 35.6 Å². The van der Waals surface area contributed by atoms with Crippen LogP contribution in [0.25, 0.3) is 32.8 Å². The summed E-state index contributed by atoms with van der Waals surface area (Å²) in [5, 5.41) is 13.5. The molecule has 2 unspecified atom stereocenters. The summed E-state index contributed by atoms with van der Waals surface area (Å²) in [6, 6.07) is 9.12. The van der Waals surface area contributed by atoms with Crippen LogP contribution in [0.4, 0.5) is 24.7 Å². The molecule has 3 N–H and O–H groups in total. The number of nitrogen functional groups attached to an aromatic ring is 1. The van der Waals surface area contributed by atoms with Crippen LogP contribution >= 0.6 is 0 Å². The Labute approximate surface area is 269 Å². The highest BCUT2D eigenvalue weighted by atomic mass is 19.1. The first kappa shape index (κ1) is 29.3. The van der Waals surface area contributed by atoms with Crippen LogP contribution in [0.2, 0.25) is 0 Å². The standard InChI is InChI=1S/C36H30F3N7O/c1-2-25-28(37)7-4-21-12-22(41)13-26(30(21)25)31-29(38)14-27-33(32(31)39)43-35(44-34(27)45-17-23-5-6-24(18-45)42-23)47-19-36-9-3-11-46(36)16-20(15-36)8-10-40/h1,4-8,12-14,23-24,42H,3,9,11,15-19,41H2/b20-8-/t23?,24?,36-/m1/s1. The van der Waals surface area contributed by atoms with Crippen LogP contribution < -0.4 is 20.7 Å². The number of anilines is 2. The van der Waals surface area contributed by atoms with Crippen LogP contribution in [0.1, 0.15) is 24.8 Å². The molecule has 0 aliphatic carbocycles. The van der Waals surface area contributed by atoms with Gasteiger partial charge in [-0.2, -0.15) is 15.2 Å². The Kier molecular flexibility index (Phi) is 6.87. The molecule has 2 bridgehead atoms. The zero-order valence-electron chi connectivity index (χ0n) is 25.4. The van der Waals surface area contributed by atoms with Crippen LogP contribution in [0, 0.1) is 41.1 Å². The average Bonchev–Trinajstić information content (AvgIpc) is 3.71. The van der Waals surface area contributed by atoms with Crippen molar-refractivity contribution in [1.29, 1.82) is 5.26 Å². The molecule has 3 fully saturated rings. The van der Waals surface area contributed by atoms with Crippen molar-refractivity contribution >= 4 is 33.2 Å². The lowest BCUT2D eigenvalue weighted by Crippen LogP contribution is -2.52. The highest BCUT2D eigenvalue weighted by Crippen LogP contribution is 2.43. The summed E-state index contributed by atoms with van der Waals surface area (Å²) in [5.41, 5.74) is 6.49. The van der Waals surface area contributed by atoms with Gasteiger partial charge in [-0.05, 0) is 66.6 Å². The van der Waals surface area contributed by atoms with Gasteiger partial charge >= 0.3 is 6.01 Å². The van der Waals surface area contributed by atoms with Gasteiger partial charge in [0.1, 0.15) is 29.6 Å². The normalized spacial score (nSPS) is 24.3. The molecular weight excluding hydrogens is 603 g/mol. The summed E-state index contributed by atoms with van der Waals surface area (Å²) in [6.07, 6.45) is 14.0. The number of benzene rings is 3. The van der Waals surface area contributed by atoms with E-state index >= 15 is 8.78 Å². The third kappa shape index (κ3) is 4.77. The van der Waals surface area contributed by atoms with E-state index < -0.39 is 23.0 Å². The number of nitrogens with one attached hydrogen (secondary N) is 1. The summed E-state index contributed by atoms with van der Waals surface area (Å²) in [4.78, 5) is 13.6. The molecule has 11 heteroatoms. The van der Waals surface area contributed by atoms with E-state index in [0.717, 1.165) is 25.0 Å². The number of halogens is 3. The van der Waals surface area contributed by atoms with Gasteiger partial charge in [0, 0.05) is 54.3 Å². The van der Waals surface area contributed by atoms with Crippen LogP contribution in [0.3, 0.4) is 0 Å². The molecule has 8 nitrogen and oxygen atoms in total. The van der Waals surface area contributed by atoms with Crippen LogP contribution in [-0.2, 0) is 0 Å². The minimum Gasteiger partial charge on any atom is -0.461 e. The number of rotatable bonds is 5. The first-order valence-corrected chi connectivity index (χ1v) is 15.6. The molecular formula is C36H30F3N7O. The Morgan fingerprint density at radius 3 is 2.70 bits per heavy atom. The Balaban J connectivity index is 1.29. The molecule has 4 aliphatic heterocycles. The molecule has 0 saturated carbocycles. The minimum atomic E-state index is -0.954. The van der Waals surface area contributed by atoms with E-state index in [1.807, 2.05) is 4.90 Å². The number of nitrogens with two attached hydrogens (primary N) is 1. The molecule has 3 saturated heterocycles. The van der Waals surface area contributed by atoms with E-state index in [-0.39, 0.29) is 63.3 Å². The predicted molar refractivity (Wildman–Crippen MR) is 174 cm³/mol. The Morgan fingerprint density at radius 1 is 1.13 bits per heavy atom. The lowest BCUT2D eigenvalue weighted by Gasteiger charge is -2.35. The highest BCUT2D eigenvalue weighted by Gasteiger charge is 2.47. The minimum absolute atomic E-state index is 0.0275. The van der Waals surface area contributed by atoms with E-state index in [1.165, 1.54) is 24.3 Å². The van der Waals surface area contributed by atoms with Crippen molar-refractivity contribution in [2.24, 2.45) is 0 Å². The fourth-order valence-electron chi connectivity index (χ4n) is 7.88. The second kappa shape index (κ2) is 11.0. The third-order valence-corrected chi connectivity index (χ3v) is 9.91. The number of fused-ring (bicyclic) bond motifs is 5. The molecule has 4 aliphatic rings. The molecule has 0 amide bonds. The van der Waals surface area contributed by atoms with Crippen LogP contribution in [-0.4, -0.2) is 65.3 Å². The summed E-state index contributed by atoms with van der Waals surface area (Å²) in [6.45, 7) is 2.90. The molecule has 1 aromatic heterocycles. The van der Waals surface area contributed by atoms with Crippen LogP contribution in [0.15, 0.2) is 54.1 Å². The Hall–Kier alpha value is -5.10. The van der Waals surface area contributed by atoms with Crippen LogP contribution in [0.5, 0.6) is 6.01 Å². The smallest absolute Gasteiger partial charge is 0.319 e. The molecule has 0 spiro atoms. The SMILES string of the molecule is C#Cc1c(F)ccc2cc(N)cc(-c3c(F)cc4c(N5CC6C=CC(C5)N6)nc(OC[C@]56CCCN5C/C(=C\C#N)C6)nc4c3F)c12. The van der Waals surface area contributed by atoms with Crippen molar-refractivity contribution in [3.05, 3.63) is 77.1 Å². The van der Waals surface area contributed by atoms with Gasteiger partial charge in [0.25, 0.3) is 0 Å². The quantitative estimate of drug-likeness (QED) is 0.134. The number of hydrogen-bond donors (Lipinski definition) is 2. The van der Waals surface area contributed by atoms with Gasteiger partial charge in [0.15, 0.2) is 5.82 Å². The van der Waals surface area contributed by atoms with E-state index in [9.17, 15) is 9.65 Å². The fourth-order valence-corrected chi connectivity index (χ4v) is 7.88. The number of aromatic nitrogens is 2. The third-order valence-electron chi connectivity index (χ3n) is 9.91. The summed E-state index contributed by atoms with van der Waals surface area (Å²) in [5.74, 6) is 0.180. The molecule has 5 heterocycles. The Bertz CT molecular complexity index is 2120. The highest BCUT2D eigenvalue weighted by molar-refractivity contribution is 6.05. The molecule has 3 aromatic carbocycles. The van der Waals surface area contributed by atoms with Gasteiger partial charge in [-0.3, -0.25) is 4.90 Å². The van der Waals surface area contributed by atoms with Crippen molar-refractivity contribution in [2.45, 2.75) is 36.9 Å². The van der Waals surface area contributed by atoms with E-state index in [2.05, 4.69) is 39.3 Å². The maximum Gasteiger partial charge on any atom is 0.319 e. The van der Waals surface area contributed by atoms with E-state index in [0.29, 0.717) is 37.3 Å². The molecule has 236 valence electrons. The zero-order valence-corrected chi connectivity index (χ0v) is 25.4. The first-order chi connectivity index (χ1) is 22.8. The van der Waals surface area contributed by atoms with Gasteiger partial charge < -0.3 is 20.7 Å². The predicted octanol–water partition coefficient (Wildman–Crippen LogP) is 5.21. The number of allylic oxidation sites excluding steroid dienone is 1. The number of terminal acetylenes is 1. The van der Waals surface area contributed by atoms with Gasteiger partial charge in [-0.1, -0.05) is 24.1 Å². The largest absolute Gasteiger partial charge is 0.461 e. The lowest BCUT2D eigenvalue weighted by molar-refractivity contribution is 0.108. The van der Waals surface area contributed by atoms with Crippen molar-refractivity contribution in [3.63, 3.8) is 0 Å². The maximum atomic E-state index is 16.9. The average molecular weight is 634 g/mol. The summed E-state index contributed by atoms with van der Waals surface area (Å²) >= 11 is 0. The van der Waals surface area contributed by atoms with E-state index in [4.69, 9.17) is 21.9 Å². The van der Waals surface area contributed by atoms with Gasteiger partial charge in [-0.25, -0.2) is 13.2 Å². The summed E-state index contributed by atoms with van der Waals surface area (Å²) < 4.78 is 54.4. The van der Waals surface area contributed by atoms with E-state index in [1.54, 1.807) is 12.1 Å². The topological polar surface area (TPSA) is 103 Å². The fraction of sp³-hybridized carbons (Fsp3) is 0.306. The second-order valence-electron chi connectivity index (χ2n) is 12.8. The molecule has 47 heavy (non-hydrogen) atoms. The number of piperazine rings is 1. The number of nitriles is 1. The lowest BCUT2D eigenvalue weighted by atomic mass is 9.92. The zero-order chi connectivity index (χ0) is 32.4. The Morgan fingerprint density at radius 2 is 1.94 bits per heavy atom. The van der Waals surface area contributed by atoms with Gasteiger partial charge in [-0.15, -0.1) is 6.42 Å². The summed E-state index contributed by atoms with van der Waals surface area (Å²) in [7, 11) is 0. The van der Waals surface area contributed by atoms with Crippen molar-refractivity contribution < 1.29 is 17.9 Å². The number of nitrogens with zero attached hydrogens (tertiary/aromatic N) is 5. The number of ether oxygens (including phenoxy) is 1. The van der Waals surface area contributed by atoms with Gasteiger partial charge in [0.05, 0.1) is 22.7 Å². The second-order valence-corrected chi connectivity index (χ2v) is 12.8. The van der Waals surface area contributed by atoms with Crippen molar-refractivity contribution in [1.82, 2.24) is 20.2 Å². The molecule has 4 aromatic rings. The maximum absolute atomic E-state index is 16.9. The first-order valence-electron chi connectivity index (χ1n) is 15.6.